The summed E-state index contributed by atoms with van der Waals surface area (Å²) in [7, 11) is -4.30. The molecule has 1 aromatic carbocycles. The van der Waals surface area contributed by atoms with Crippen LogP contribution in [-0.2, 0) is 39.8 Å². The van der Waals surface area contributed by atoms with E-state index in [0.29, 0.717) is 25.3 Å². The van der Waals surface area contributed by atoms with Crippen molar-refractivity contribution in [2.75, 3.05) is 13.2 Å². The largest absolute Gasteiger partial charge is 0.471 e. The Morgan fingerprint density at radius 1 is 1.03 bits per heavy atom. The van der Waals surface area contributed by atoms with Crippen molar-refractivity contribution < 1.29 is 59.4 Å². The van der Waals surface area contributed by atoms with Crippen LogP contribution in [0.3, 0.4) is 0 Å². The number of halogens is 4. The molecular weight excluding hydrogens is 793 g/mol. The van der Waals surface area contributed by atoms with Crippen LogP contribution in [0.5, 0.6) is 5.88 Å². The Kier molecular flexibility index (Phi) is 10.7. The van der Waals surface area contributed by atoms with Crippen LogP contribution >= 0.6 is 0 Å². The van der Waals surface area contributed by atoms with Gasteiger partial charge in [-0.05, 0) is 69.1 Å². The standard InChI is InChI=1S/C38H46F4N6O9S/c1-35(2,3)28-32(50)48-19-20(17-24(48)30(49)46-37(18-21(37)29(39)40)33(51)47-58(53,54)36(4)14-15-36)56-31-27(43-22-9-5-6-10-23(22)44-31)38(41,42)13-8-16-55-25-11-7-12-26(25)57-34(52)45-28/h5-6,8-10,13,20-21,24-26,28-29H,7,11-12,14-19H2,1-4H3,(H,45,52)(H,46,49)(H,47,51)/b13-8-/t20-,21+,24+,25-,26-,28?,37-/m1/s1. The fourth-order valence-electron chi connectivity index (χ4n) is 7.73. The van der Waals surface area contributed by atoms with E-state index < -0.39 is 129 Å². The van der Waals surface area contributed by atoms with E-state index >= 15 is 8.78 Å². The first-order valence-electron chi connectivity index (χ1n) is 19.2. The number of benzene rings is 1. The summed E-state index contributed by atoms with van der Waals surface area (Å²) < 4.78 is 105. The number of aromatic nitrogens is 2. The van der Waals surface area contributed by atoms with Crippen LogP contribution < -0.4 is 20.1 Å². The summed E-state index contributed by atoms with van der Waals surface area (Å²) in [6.07, 6.45) is -4.10. The number of allylic oxidation sites excluding steroid dienone is 1. The van der Waals surface area contributed by atoms with E-state index in [1.807, 2.05) is 4.72 Å². The van der Waals surface area contributed by atoms with Crippen molar-refractivity contribution in [3.8, 4) is 5.88 Å². The van der Waals surface area contributed by atoms with E-state index in [2.05, 4.69) is 20.6 Å². The van der Waals surface area contributed by atoms with Crippen molar-refractivity contribution in [3.05, 3.63) is 42.1 Å². The minimum absolute atomic E-state index is 0.130. The first-order chi connectivity index (χ1) is 27.1. The summed E-state index contributed by atoms with van der Waals surface area (Å²) in [5, 5.41) is 4.94. The van der Waals surface area contributed by atoms with Gasteiger partial charge in [-0.1, -0.05) is 39.0 Å². The monoisotopic (exact) mass is 838 g/mol. The van der Waals surface area contributed by atoms with Crippen LogP contribution in [0, 0.1) is 11.3 Å². The second kappa shape index (κ2) is 14.9. The zero-order valence-electron chi connectivity index (χ0n) is 32.3. The Morgan fingerprint density at radius 3 is 2.34 bits per heavy atom. The number of fused-ring (bicyclic) bond motifs is 5. The number of hydrogen-bond donors (Lipinski definition) is 3. The van der Waals surface area contributed by atoms with Gasteiger partial charge in [0, 0.05) is 6.42 Å². The molecule has 3 aliphatic carbocycles. The number of para-hydroxylation sites is 2. The lowest BCUT2D eigenvalue weighted by Crippen LogP contribution is -2.60. The number of alkyl halides is 4. The molecule has 15 nitrogen and oxygen atoms in total. The normalized spacial score (nSPS) is 31.4. The Balaban J connectivity index is 1.26. The molecule has 1 aromatic heterocycles. The number of sulfonamides is 1. The molecule has 2 bridgehead atoms. The van der Waals surface area contributed by atoms with E-state index in [0.717, 1.165) is 11.0 Å². The molecule has 0 radical (unpaired) electrons. The number of carbonyl (C=O) groups is 4. The molecule has 1 saturated heterocycles. The highest BCUT2D eigenvalue weighted by Gasteiger charge is 2.67. The molecule has 7 rings (SSSR count). The molecule has 20 heteroatoms. The number of carbonyl (C=O) groups excluding carboxylic acids is 4. The van der Waals surface area contributed by atoms with E-state index in [1.54, 1.807) is 32.9 Å². The number of nitrogens with one attached hydrogen (secondary N) is 3. The number of ether oxygens (including phenoxy) is 3. The van der Waals surface area contributed by atoms with E-state index in [9.17, 15) is 36.4 Å². The summed E-state index contributed by atoms with van der Waals surface area (Å²) >= 11 is 0. The lowest BCUT2D eigenvalue weighted by Gasteiger charge is -2.35. The fraction of sp³-hybridized carbons (Fsp3) is 0.632. The molecule has 3 N–H and O–H groups in total. The van der Waals surface area contributed by atoms with Crippen LogP contribution in [-0.4, -0.2) is 107 Å². The molecule has 5 aliphatic rings. The van der Waals surface area contributed by atoms with Crippen LogP contribution in [0.25, 0.3) is 11.0 Å². The average Bonchev–Trinajstić information content (AvgIpc) is 3.97. The topological polar surface area (TPSA) is 195 Å². The van der Waals surface area contributed by atoms with Crippen LogP contribution in [0.2, 0.25) is 0 Å². The first kappa shape index (κ1) is 41.6. The summed E-state index contributed by atoms with van der Waals surface area (Å²) in [4.78, 5) is 65.3. The van der Waals surface area contributed by atoms with Gasteiger partial charge in [0.15, 0.2) is 5.69 Å². The van der Waals surface area contributed by atoms with Crippen LogP contribution in [0.4, 0.5) is 22.4 Å². The van der Waals surface area contributed by atoms with Gasteiger partial charge in [-0.2, -0.15) is 8.78 Å². The minimum atomic E-state index is -4.30. The van der Waals surface area contributed by atoms with Gasteiger partial charge < -0.3 is 29.7 Å². The van der Waals surface area contributed by atoms with Crippen LogP contribution in [0.15, 0.2) is 36.4 Å². The Labute approximate surface area is 332 Å². The molecule has 4 amide bonds. The second-order valence-electron chi connectivity index (χ2n) is 17.1. The van der Waals surface area contributed by atoms with Crippen molar-refractivity contribution in [1.82, 2.24) is 30.2 Å². The average molecular weight is 839 g/mol. The molecule has 58 heavy (non-hydrogen) atoms. The van der Waals surface area contributed by atoms with E-state index in [-0.39, 0.29) is 30.5 Å². The molecule has 316 valence electrons. The van der Waals surface area contributed by atoms with Crippen LogP contribution in [0.1, 0.15) is 78.3 Å². The third-order valence-electron chi connectivity index (χ3n) is 11.6. The molecule has 2 aliphatic heterocycles. The Bertz CT molecular complexity index is 2130. The molecule has 1 unspecified atom stereocenters. The first-order valence-corrected chi connectivity index (χ1v) is 20.7. The van der Waals surface area contributed by atoms with Gasteiger partial charge in [0.2, 0.25) is 34.1 Å². The lowest BCUT2D eigenvalue weighted by atomic mass is 9.85. The van der Waals surface area contributed by atoms with Gasteiger partial charge in [-0.25, -0.2) is 32.0 Å². The summed E-state index contributed by atoms with van der Waals surface area (Å²) in [5.41, 5.74) is -3.91. The van der Waals surface area contributed by atoms with Crippen molar-refractivity contribution in [2.45, 2.75) is 126 Å². The van der Waals surface area contributed by atoms with Gasteiger partial charge in [-0.3, -0.25) is 19.1 Å². The fourth-order valence-corrected chi connectivity index (χ4v) is 9.04. The molecule has 3 saturated carbocycles. The number of alkyl carbamates (subject to hydrolysis) is 1. The minimum Gasteiger partial charge on any atom is -0.471 e. The summed E-state index contributed by atoms with van der Waals surface area (Å²) in [5.74, 6) is -9.43. The number of amides is 4. The Morgan fingerprint density at radius 2 is 1.71 bits per heavy atom. The maximum Gasteiger partial charge on any atom is 0.408 e. The third-order valence-corrected chi connectivity index (χ3v) is 13.8. The van der Waals surface area contributed by atoms with Gasteiger partial charge in [0.05, 0.1) is 41.0 Å². The smallest absolute Gasteiger partial charge is 0.408 e. The van der Waals surface area contributed by atoms with Gasteiger partial charge in [-0.15, -0.1) is 0 Å². The van der Waals surface area contributed by atoms with Crippen molar-refractivity contribution in [1.29, 1.82) is 0 Å². The van der Waals surface area contributed by atoms with Crippen molar-refractivity contribution in [2.24, 2.45) is 11.3 Å². The van der Waals surface area contributed by atoms with Crippen molar-refractivity contribution in [3.63, 3.8) is 0 Å². The third kappa shape index (κ3) is 8.05. The zero-order valence-corrected chi connectivity index (χ0v) is 33.1. The molecule has 3 heterocycles. The SMILES string of the molecule is CC(C)(C)C1NC(=O)O[C@@H]2CCC[C@H]2OC/C=C\C(F)(F)c2nc3ccccc3nc2O[C@@H]2C[C@@H](C(=O)N[C@]3(C(=O)NS(=O)(=O)C4(C)CC4)C[C@H]3C(F)F)N(C2)C1=O. The summed E-state index contributed by atoms with van der Waals surface area (Å²) in [6.45, 7) is 5.63. The maximum atomic E-state index is 16.1. The second-order valence-corrected chi connectivity index (χ2v) is 19.3. The highest BCUT2D eigenvalue weighted by atomic mass is 32.2. The summed E-state index contributed by atoms with van der Waals surface area (Å²) in [6, 6.07) is 3.27. The lowest BCUT2D eigenvalue weighted by molar-refractivity contribution is -0.143. The van der Waals surface area contributed by atoms with E-state index in [1.165, 1.54) is 19.1 Å². The Hall–Kier alpha value is -4.59. The molecule has 0 spiro atoms. The molecule has 2 aromatic rings. The molecule has 7 atom stereocenters. The predicted octanol–water partition coefficient (Wildman–Crippen LogP) is 3.86. The number of hydrogen-bond acceptors (Lipinski definition) is 11. The van der Waals surface area contributed by atoms with Gasteiger partial charge in [0.1, 0.15) is 29.8 Å². The maximum absolute atomic E-state index is 16.1. The predicted molar refractivity (Wildman–Crippen MR) is 197 cm³/mol. The van der Waals surface area contributed by atoms with Crippen molar-refractivity contribution >= 4 is 44.9 Å². The quantitative estimate of drug-likeness (QED) is 0.283. The molecule has 4 fully saturated rings. The number of rotatable bonds is 6. The molecular formula is C38H46F4N6O9S. The highest BCUT2D eigenvalue weighted by molar-refractivity contribution is 7.91. The van der Waals surface area contributed by atoms with Gasteiger partial charge in [0.25, 0.3) is 5.91 Å². The zero-order chi connectivity index (χ0) is 42.0. The van der Waals surface area contributed by atoms with E-state index in [4.69, 9.17) is 14.2 Å². The highest BCUT2D eigenvalue weighted by Crippen LogP contribution is 2.49. The van der Waals surface area contributed by atoms with Gasteiger partial charge >= 0.3 is 12.0 Å². The number of nitrogens with zero attached hydrogens (tertiary/aromatic N) is 3.